The summed E-state index contributed by atoms with van der Waals surface area (Å²) in [6, 6.07) is 12.4. The van der Waals surface area contributed by atoms with Gasteiger partial charge in [-0.2, -0.15) is 13.2 Å². The van der Waals surface area contributed by atoms with Crippen LogP contribution in [0.15, 0.2) is 150 Å². The average Bonchev–Trinajstić information content (AvgIpc) is 0.739. The van der Waals surface area contributed by atoms with Gasteiger partial charge in [0.05, 0.1) is 108 Å². The maximum absolute atomic E-state index is 17.5. The number of piperazine rings is 3. The largest absolute Gasteiger partial charge is 0.507 e. The van der Waals surface area contributed by atoms with Crippen LogP contribution in [0.1, 0.15) is 109 Å². The van der Waals surface area contributed by atoms with E-state index >= 15 is 35.5 Å². The number of fused-ring (bicyclic) bond motifs is 15. The molecule has 5 fully saturated rings. The van der Waals surface area contributed by atoms with Crippen molar-refractivity contribution in [1.29, 1.82) is 0 Å². The molecule has 0 radical (unpaired) electrons. The lowest BCUT2D eigenvalue weighted by Gasteiger charge is -2.52. The molecule has 7 unspecified atom stereocenters. The first kappa shape index (κ1) is 97.8. The minimum Gasteiger partial charge on any atom is -0.507 e. The predicted molar refractivity (Wildman–Crippen MR) is 510 cm³/mol. The van der Waals surface area contributed by atoms with E-state index in [1.165, 1.54) is 72.8 Å². The first-order valence-corrected chi connectivity index (χ1v) is 46.3. The van der Waals surface area contributed by atoms with E-state index in [9.17, 15) is 61.6 Å². The number of benzene rings is 6. The number of pyridine rings is 5. The Morgan fingerprint density at radius 1 is 0.507 bits per heavy atom. The van der Waals surface area contributed by atoms with Crippen LogP contribution >= 0.6 is 11.6 Å². The second-order valence-corrected chi connectivity index (χ2v) is 37.6. The molecule has 7 atom stereocenters. The third kappa shape index (κ3) is 16.4. The summed E-state index contributed by atoms with van der Waals surface area (Å²) in [7, 11) is 1.96. The molecular weight excluding hydrogens is 1860 g/mol. The van der Waals surface area contributed by atoms with Gasteiger partial charge in [-0.05, 0) is 182 Å². The Morgan fingerprint density at radius 3 is 1.40 bits per heavy atom. The van der Waals surface area contributed by atoms with E-state index in [1.54, 1.807) is 63.6 Å². The Labute approximate surface area is 800 Å². The number of alkyl halides is 3. The van der Waals surface area contributed by atoms with Crippen LogP contribution in [0.4, 0.5) is 76.7 Å². The van der Waals surface area contributed by atoms with Crippen LogP contribution in [0.2, 0.25) is 5.02 Å². The molecule has 0 bridgehead atoms. The normalized spacial score (nSPS) is 19.8. The summed E-state index contributed by atoms with van der Waals surface area (Å²) >= 11 is 6.67. The van der Waals surface area contributed by atoms with Gasteiger partial charge in [0.2, 0.25) is 23.5 Å². The van der Waals surface area contributed by atoms with E-state index in [0.717, 1.165) is 83.1 Å². The number of aryl methyl sites for hydroxylation is 2. The van der Waals surface area contributed by atoms with Crippen molar-refractivity contribution in [3.8, 4) is 67.8 Å². The van der Waals surface area contributed by atoms with Crippen LogP contribution in [-0.4, -0.2) is 216 Å². The number of likely N-dealkylation sites (N-methyl/N-ethyl adjacent to an activating group) is 1. The molecule has 4 amide bonds. The van der Waals surface area contributed by atoms with Gasteiger partial charge in [0, 0.05) is 123 Å². The molecule has 19 rings (SSSR count). The van der Waals surface area contributed by atoms with Gasteiger partial charge in [-0.15, -0.1) is 0 Å². The number of phenolic OH excluding ortho intramolecular Hbond substituents is 3. The Bertz CT molecular complexity index is 7150. The van der Waals surface area contributed by atoms with E-state index in [-0.39, 0.29) is 153 Å². The Kier molecular flexibility index (Phi) is 26.4. The molecule has 13 heterocycles. The summed E-state index contributed by atoms with van der Waals surface area (Å²) in [4.78, 5) is 119. The number of halogens is 12. The highest BCUT2D eigenvalue weighted by atomic mass is 35.5. The Morgan fingerprint density at radius 2 is 0.943 bits per heavy atom. The lowest BCUT2D eigenvalue weighted by molar-refractivity contribution is -0.134. The number of aromatic hydroxyl groups is 3. The first-order valence-electron chi connectivity index (χ1n) is 45.9. The minimum atomic E-state index is -5.12. The summed E-state index contributed by atoms with van der Waals surface area (Å²) in [6.07, 6.45) is 3.97. The number of amides is 4. The monoisotopic (exact) mass is 1960 g/mol. The average molecular weight is 1960 g/mol. The van der Waals surface area contributed by atoms with Crippen LogP contribution in [-0.2, 0) is 30.5 Å². The zero-order chi connectivity index (χ0) is 101. The minimum absolute atomic E-state index is 0.0147. The number of likely N-dealkylation sites (tertiary alicyclic amines) is 1. The van der Waals surface area contributed by atoms with Gasteiger partial charge >= 0.3 is 6.30 Å². The number of carbonyl (C=O) groups excluding carboxylic acids is 4. The van der Waals surface area contributed by atoms with Crippen molar-refractivity contribution in [3.05, 3.63) is 240 Å². The maximum atomic E-state index is 17.5. The fraction of sp³-hybridized carbons (Fsp3) is 0.363. The molecule has 38 heteroatoms. The van der Waals surface area contributed by atoms with E-state index in [2.05, 4.69) is 34.6 Å². The summed E-state index contributed by atoms with van der Waals surface area (Å²) in [5, 5.41) is 31.5. The summed E-state index contributed by atoms with van der Waals surface area (Å²) < 4.78 is 189. The molecule has 6 aromatic carbocycles. The topological polar surface area (TPSA) is 268 Å². The summed E-state index contributed by atoms with van der Waals surface area (Å²) in [6.45, 7) is 28.1. The molecule has 26 nitrogen and oxygen atoms in total. The van der Waals surface area contributed by atoms with Gasteiger partial charge in [-0.3, -0.25) is 57.6 Å². The fourth-order valence-electron chi connectivity index (χ4n) is 21.3. The third-order valence-electron chi connectivity index (χ3n) is 28.0. The van der Waals surface area contributed by atoms with Gasteiger partial charge in [0.1, 0.15) is 70.4 Å². The third-order valence-corrected chi connectivity index (χ3v) is 28.3. The number of hydrogen-bond acceptors (Lipinski definition) is 19. The SMILES string of the molecule is C=CC(=O)N1CC2C(=O)N(C3CCOCC3)c3c(c4cc(F)c(-c5c(O)cccc5F)c(F)c4n(-c4c(C)ccnc4C(C)C)c3=O)N2CC1C.C=CC(=O)N1CC2CN(C(F)(F)F)c3c(c4cc(F)c(-c5c(O)cccc5F)c(F)c4n(-c4c(C)ccnc4C(C)C)c3=O)N2CC1C.C=CC(=O)N1CC2COc3c(c4cc(Cl)c(-c5c(O)cccc5F)c(F)c4n(CC4CCCN4C)c3=O)N2CC1C. The van der Waals surface area contributed by atoms with Gasteiger partial charge in [0.25, 0.3) is 22.6 Å². The highest BCUT2D eigenvalue weighted by molar-refractivity contribution is 6.34. The van der Waals surface area contributed by atoms with E-state index < -0.39 is 180 Å². The van der Waals surface area contributed by atoms with Crippen molar-refractivity contribution in [2.24, 2.45) is 0 Å². The molecule has 0 saturated carbocycles. The van der Waals surface area contributed by atoms with Crippen molar-refractivity contribution < 1.29 is 92.3 Å². The maximum Gasteiger partial charge on any atom is 0.485 e. The first-order chi connectivity index (χ1) is 66.6. The smallest absolute Gasteiger partial charge is 0.485 e. The molecule has 140 heavy (non-hydrogen) atoms. The van der Waals surface area contributed by atoms with Gasteiger partial charge in [-0.1, -0.05) is 77.2 Å². The Hall–Kier alpha value is -13.8. The number of ether oxygens (including phenoxy) is 2. The lowest BCUT2D eigenvalue weighted by atomic mass is 9.93. The molecule has 734 valence electrons. The molecule has 11 aromatic rings. The van der Waals surface area contributed by atoms with Crippen LogP contribution in [0.3, 0.4) is 0 Å². The number of phenols is 3. The molecule has 0 spiro atoms. The quantitative estimate of drug-likeness (QED) is 0.0550. The Balaban J connectivity index is 0.000000146. The van der Waals surface area contributed by atoms with E-state index in [1.807, 2.05) is 32.7 Å². The lowest BCUT2D eigenvalue weighted by Crippen LogP contribution is -2.68. The molecule has 8 aliphatic heterocycles. The molecule has 3 N–H and O–H groups in total. The number of hydrogen-bond donors (Lipinski definition) is 3. The standard InChI is InChI=1S/C38H38F3N5O5.C34H31F6N5O3.C30H31ClF2N4O4/c1-6-28(48)43-18-26-37(49)45(22-11-14-51-15-12-22)36-35(44(26)17-21(43)5)23-16-25(40)30(29-24(39)8-7-9-27(29)47)31(41)34(23)46(38(36)50)33-20(4)10-13-42-32(33)19(2)3;1-6-24(47)42-14-19-15-44(34(38,39)40)32-31(43(19)13-18(42)5)20-12-22(36)26(25-21(35)8-7-9-23(25)46)27(37)30(20)45(33(32)48)29-17(4)10-11-41-28(29)16(2)3;1-4-23(39)35-14-18-15-41-29-28(36(18)12-16(35)2)19-11-20(31)24(25-21(32)8-5-9-22(25)38)26(33)27(19)37(30(29)40)13-17-7-6-10-34(17)3/h6-10,13,16,19,21-22,26,47H,1,11-12,14-15,17-18H2,2-5H3;6-12,16,18-19,46H,1,13-15H2,2-5H3;4-5,8-9,11,16-18,38H,1,6-7,10,12-15H2,2-3H3. The van der Waals surface area contributed by atoms with Crippen LogP contribution < -0.4 is 45.9 Å². The second kappa shape index (κ2) is 37.7. The molecule has 5 saturated heterocycles. The van der Waals surface area contributed by atoms with Crippen molar-refractivity contribution in [2.45, 2.75) is 161 Å². The van der Waals surface area contributed by atoms with Crippen molar-refractivity contribution in [1.82, 2.24) is 43.3 Å². The fourth-order valence-corrected chi connectivity index (χ4v) is 21.6. The highest BCUT2D eigenvalue weighted by Crippen LogP contribution is 2.54. The summed E-state index contributed by atoms with van der Waals surface area (Å²) in [5.41, 5.74) is -6.52. The van der Waals surface area contributed by atoms with Crippen LogP contribution in [0, 0.1) is 60.4 Å². The van der Waals surface area contributed by atoms with E-state index in [4.69, 9.17) is 21.1 Å². The summed E-state index contributed by atoms with van der Waals surface area (Å²) in [5.74, 6) is -13.3. The van der Waals surface area contributed by atoms with Crippen molar-refractivity contribution in [2.75, 3.05) is 104 Å². The number of anilines is 5. The van der Waals surface area contributed by atoms with Gasteiger partial charge in [0.15, 0.2) is 17.5 Å². The van der Waals surface area contributed by atoms with Gasteiger partial charge in [-0.25, -0.2) is 35.1 Å². The number of nitrogens with zero attached hydrogens (tertiary/aromatic N) is 14. The van der Waals surface area contributed by atoms with E-state index in [0.29, 0.717) is 67.0 Å². The van der Waals surface area contributed by atoms with Crippen molar-refractivity contribution >= 4 is 96.4 Å². The molecule has 8 aliphatic rings. The van der Waals surface area contributed by atoms with Crippen molar-refractivity contribution in [3.63, 3.8) is 0 Å². The van der Waals surface area contributed by atoms with Gasteiger partial charge < -0.3 is 68.6 Å². The second-order valence-electron chi connectivity index (χ2n) is 37.2. The number of carbonyl (C=O) groups is 4. The van der Waals surface area contributed by atoms with Crippen LogP contribution in [0.5, 0.6) is 23.0 Å². The molecular formula is C102H100ClF11N14O12. The number of rotatable bonds is 13. The zero-order valence-corrected chi connectivity index (χ0v) is 78.7. The highest BCUT2D eigenvalue weighted by Gasteiger charge is 2.54. The molecule has 0 aliphatic carbocycles. The predicted octanol–water partition coefficient (Wildman–Crippen LogP) is 16.6. The van der Waals surface area contributed by atoms with Crippen LogP contribution in [0.25, 0.3) is 77.5 Å². The number of aromatic nitrogens is 5. The zero-order valence-electron chi connectivity index (χ0n) is 78.0. The molecule has 5 aromatic heterocycles.